The first kappa shape index (κ1) is 33.9. The zero-order valence-corrected chi connectivity index (χ0v) is 26.9. The fraction of sp³-hybridized carbons (Fsp3) is 0.316. The molecule has 0 heterocycles. The highest BCUT2D eigenvalue weighted by Crippen LogP contribution is 2.29. The SMILES string of the molecule is COc1cc(OC)cc(C(=O)OCCC[C@@H](Cc2ccccc2)[C@@H](COC(=O)c2cc(OC)cc(OC)c2)Cc2ccccc2)c1. The van der Waals surface area contributed by atoms with E-state index in [4.69, 9.17) is 28.4 Å². The second kappa shape index (κ2) is 17.5. The Labute approximate surface area is 271 Å². The maximum absolute atomic E-state index is 13.3. The van der Waals surface area contributed by atoms with Crippen molar-refractivity contribution in [2.75, 3.05) is 41.7 Å². The first-order valence-corrected chi connectivity index (χ1v) is 15.3. The number of benzene rings is 4. The predicted molar refractivity (Wildman–Crippen MR) is 176 cm³/mol. The second-order valence-electron chi connectivity index (χ2n) is 11.0. The van der Waals surface area contributed by atoms with E-state index in [1.165, 1.54) is 19.8 Å². The van der Waals surface area contributed by atoms with Gasteiger partial charge in [-0.25, -0.2) is 9.59 Å². The van der Waals surface area contributed by atoms with Gasteiger partial charge in [0.25, 0.3) is 0 Å². The van der Waals surface area contributed by atoms with Crippen molar-refractivity contribution in [1.29, 1.82) is 0 Å². The van der Waals surface area contributed by atoms with Crippen LogP contribution < -0.4 is 18.9 Å². The summed E-state index contributed by atoms with van der Waals surface area (Å²) in [5, 5.41) is 0. The van der Waals surface area contributed by atoms with Crippen molar-refractivity contribution in [2.45, 2.75) is 25.7 Å². The van der Waals surface area contributed by atoms with Crippen molar-refractivity contribution in [2.24, 2.45) is 11.8 Å². The van der Waals surface area contributed by atoms with E-state index in [2.05, 4.69) is 24.3 Å². The maximum atomic E-state index is 13.3. The molecule has 4 rings (SSSR count). The van der Waals surface area contributed by atoms with Crippen LogP contribution in [0.3, 0.4) is 0 Å². The Morgan fingerprint density at radius 2 is 0.957 bits per heavy atom. The van der Waals surface area contributed by atoms with Gasteiger partial charge in [0.05, 0.1) is 52.8 Å². The monoisotopic (exact) mass is 626 g/mol. The highest BCUT2D eigenvalue weighted by Gasteiger charge is 2.25. The molecule has 8 nitrogen and oxygen atoms in total. The van der Waals surface area contributed by atoms with Crippen LogP contribution in [0, 0.1) is 11.8 Å². The van der Waals surface area contributed by atoms with E-state index in [0.29, 0.717) is 40.5 Å². The van der Waals surface area contributed by atoms with Gasteiger partial charge in [0.1, 0.15) is 23.0 Å². The summed E-state index contributed by atoms with van der Waals surface area (Å²) in [7, 11) is 6.15. The van der Waals surface area contributed by atoms with E-state index in [9.17, 15) is 9.59 Å². The number of hydrogen-bond donors (Lipinski definition) is 0. The zero-order valence-electron chi connectivity index (χ0n) is 26.9. The molecule has 0 fully saturated rings. The van der Waals surface area contributed by atoms with E-state index in [1.807, 2.05) is 36.4 Å². The minimum Gasteiger partial charge on any atom is -0.497 e. The van der Waals surface area contributed by atoms with Crippen LogP contribution in [0.25, 0.3) is 0 Å². The van der Waals surface area contributed by atoms with Crippen LogP contribution in [0.5, 0.6) is 23.0 Å². The number of methoxy groups -OCH3 is 4. The number of esters is 2. The van der Waals surface area contributed by atoms with Gasteiger partial charge in [0.2, 0.25) is 0 Å². The molecular formula is C38H42O8. The van der Waals surface area contributed by atoms with Crippen molar-refractivity contribution < 1.29 is 38.0 Å². The van der Waals surface area contributed by atoms with E-state index in [-0.39, 0.29) is 25.0 Å². The first-order valence-electron chi connectivity index (χ1n) is 15.3. The zero-order chi connectivity index (χ0) is 32.7. The minimum atomic E-state index is -0.448. The predicted octanol–water partition coefficient (Wildman–Crippen LogP) is 7.23. The van der Waals surface area contributed by atoms with Gasteiger partial charge in [0, 0.05) is 18.1 Å². The Kier molecular flexibility index (Phi) is 12.9. The molecule has 0 N–H and O–H groups in total. The number of hydrogen-bond acceptors (Lipinski definition) is 8. The maximum Gasteiger partial charge on any atom is 0.338 e. The van der Waals surface area contributed by atoms with Crippen LogP contribution in [0.2, 0.25) is 0 Å². The molecule has 0 unspecified atom stereocenters. The summed E-state index contributed by atoms with van der Waals surface area (Å²) in [5.74, 6) is 1.28. The van der Waals surface area contributed by atoms with E-state index in [0.717, 1.165) is 24.8 Å². The summed E-state index contributed by atoms with van der Waals surface area (Å²) in [5.41, 5.74) is 3.06. The molecule has 242 valence electrons. The summed E-state index contributed by atoms with van der Waals surface area (Å²) in [4.78, 5) is 26.2. The molecule has 0 aliphatic carbocycles. The first-order chi connectivity index (χ1) is 22.4. The third kappa shape index (κ3) is 10.0. The highest BCUT2D eigenvalue weighted by molar-refractivity contribution is 5.91. The molecule has 0 aliphatic rings. The summed E-state index contributed by atoms with van der Waals surface area (Å²) in [6.45, 7) is 0.458. The average molecular weight is 627 g/mol. The Morgan fingerprint density at radius 1 is 0.543 bits per heavy atom. The second-order valence-corrected chi connectivity index (χ2v) is 11.0. The standard InChI is InChI=1S/C38H42O8/c1-41-33-20-30(21-34(24-33)42-2)37(39)45-17-11-16-29(18-27-12-7-5-8-13-27)32(19-28-14-9-6-10-15-28)26-46-38(40)31-22-35(43-3)25-36(23-31)44-4/h5-10,12-15,20-25,29,32H,11,16-19,26H2,1-4H3/t29-,32+/m0/s1. The largest absolute Gasteiger partial charge is 0.497 e. The van der Waals surface area contributed by atoms with Gasteiger partial charge >= 0.3 is 11.9 Å². The fourth-order valence-electron chi connectivity index (χ4n) is 5.41. The molecule has 46 heavy (non-hydrogen) atoms. The van der Waals surface area contributed by atoms with Gasteiger partial charge in [0.15, 0.2) is 0 Å². The van der Waals surface area contributed by atoms with Crippen molar-refractivity contribution in [1.82, 2.24) is 0 Å². The lowest BCUT2D eigenvalue weighted by Crippen LogP contribution is -2.26. The van der Waals surface area contributed by atoms with Gasteiger partial charge in [-0.3, -0.25) is 0 Å². The average Bonchev–Trinajstić information content (AvgIpc) is 3.11. The van der Waals surface area contributed by atoms with Crippen LogP contribution in [0.4, 0.5) is 0 Å². The van der Waals surface area contributed by atoms with Crippen molar-refractivity contribution in [3.8, 4) is 23.0 Å². The van der Waals surface area contributed by atoms with Crippen LogP contribution >= 0.6 is 0 Å². The Hall–Kier alpha value is -4.98. The molecule has 4 aromatic carbocycles. The number of ether oxygens (including phenoxy) is 6. The lowest BCUT2D eigenvalue weighted by Gasteiger charge is -2.28. The third-order valence-corrected chi connectivity index (χ3v) is 7.90. The van der Waals surface area contributed by atoms with Crippen LogP contribution in [-0.4, -0.2) is 53.6 Å². The highest BCUT2D eigenvalue weighted by atomic mass is 16.5. The van der Waals surface area contributed by atoms with Gasteiger partial charge in [-0.2, -0.15) is 0 Å². The van der Waals surface area contributed by atoms with E-state index < -0.39 is 11.9 Å². The van der Waals surface area contributed by atoms with Crippen LogP contribution in [0.1, 0.15) is 44.7 Å². The molecule has 0 spiro atoms. The minimum absolute atomic E-state index is 0.00240. The van der Waals surface area contributed by atoms with Gasteiger partial charge < -0.3 is 28.4 Å². The molecule has 0 saturated heterocycles. The van der Waals surface area contributed by atoms with E-state index in [1.54, 1.807) is 50.6 Å². The van der Waals surface area contributed by atoms with Gasteiger partial charge in [-0.1, -0.05) is 60.7 Å². The number of carbonyl (C=O) groups is 2. The number of carbonyl (C=O) groups excluding carboxylic acids is 2. The lowest BCUT2D eigenvalue weighted by atomic mass is 9.80. The van der Waals surface area contributed by atoms with Gasteiger partial charge in [-0.05, 0) is 67.0 Å². The van der Waals surface area contributed by atoms with E-state index >= 15 is 0 Å². The summed E-state index contributed by atoms with van der Waals surface area (Å²) in [6.07, 6.45) is 2.89. The van der Waals surface area contributed by atoms with Crippen LogP contribution in [-0.2, 0) is 22.3 Å². The molecule has 0 bridgehead atoms. The molecule has 0 aromatic heterocycles. The van der Waals surface area contributed by atoms with Crippen molar-refractivity contribution in [3.05, 3.63) is 119 Å². The smallest absolute Gasteiger partial charge is 0.338 e. The molecule has 0 radical (unpaired) electrons. The Bertz CT molecular complexity index is 1490. The molecule has 0 amide bonds. The summed E-state index contributed by atoms with van der Waals surface area (Å²) >= 11 is 0. The molecule has 8 heteroatoms. The Morgan fingerprint density at radius 3 is 1.39 bits per heavy atom. The quantitative estimate of drug-likeness (QED) is 0.0896. The number of rotatable bonds is 17. The molecule has 0 aliphatic heterocycles. The van der Waals surface area contributed by atoms with Gasteiger partial charge in [-0.15, -0.1) is 0 Å². The third-order valence-electron chi connectivity index (χ3n) is 7.90. The molecule has 2 atom stereocenters. The molecular weight excluding hydrogens is 584 g/mol. The lowest BCUT2D eigenvalue weighted by molar-refractivity contribution is 0.0361. The fourth-order valence-corrected chi connectivity index (χ4v) is 5.41. The molecule has 4 aromatic rings. The topological polar surface area (TPSA) is 89.5 Å². The van der Waals surface area contributed by atoms with Crippen LogP contribution in [0.15, 0.2) is 97.1 Å². The molecule has 0 saturated carbocycles. The Balaban J connectivity index is 1.50. The normalized spacial score (nSPS) is 12.0. The summed E-state index contributed by atoms with van der Waals surface area (Å²) < 4.78 is 32.9. The summed E-state index contributed by atoms with van der Waals surface area (Å²) in [6, 6.07) is 30.4. The van der Waals surface area contributed by atoms with Crippen molar-refractivity contribution in [3.63, 3.8) is 0 Å². The van der Waals surface area contributed by atoms with Crippen molar-refractivity contribution >= 4 is 11.9 Å².